The quantitative estimate of drug-likeness (QED) is 0.674. The minimum atomic E-state index is -0.776. The molecule has 0 aliphatic heterocycles. The maximum absolute atomic E-state index is 13.8. The molecule has 3 aromatic rings. The number of nitrogens with one attached hydrogen (secondary N) is 2. The summed E-state index contributed by atoms with van der Waals surface area (Å²) in [6.07, 6.45) is 0.516. The molecule has 1 amide bonds. The summed E-state index contributed by atoms with van der Waals surface area (Å²) < 4.78 is 40.5. The Morgan fingerprint density at radius 1 is 1.00 bits per heavy atom. The van der Waals surface area contributed by atoms with Crippen LogP contribution in [0.3, 0.4) is 0 Å². The number of aromatic nitrogens is 2. The molecule has 0 aliphatic rings. The molecule has 0 aliphatic carbocycles. The van der Waals surface area contributed by atoms with Crippen LogP contribution in [-0.4, -0.2) is 22.4 Å². The number of nitrogens with zero attached hydrogens (tertiary/aromatic N) is 2. The van der Waals surface area contributed by atoms with Crippen LogP contribution in [0.25, 0.3) is 0 Å². The first-order valence-corrected chi connectivity index (χ1v) is 8.52. The summed E-state index contributed by atoms with van der Waals surface area (Å²) in [7, 11) is 0. The maximum atomic E-state index is 13.8. The Kier molecular flexibility index (Phi) is 5.88. The van der Waals surface area contributed by atoms with E-state index in [-0.39, 0.29) is 28.8 Å². The Labute approximate surface area is 159 Å². The third kappa shape index (κ3) is 4.85. The number of anilines is 2. The summed E-state index contributed by atoms with van der Waals surface area (Å²) in [6, 6.07) is 10.8. The second-order valence-electron chi connectivity index (χ2n) is 6.04. The van der Waals surface area contributed by atoms with E-state index in [1.54, 1.807) is 19.1 Å². The van der Waals surface area contributed by atoms with Crippen molar-refractivity contribution in [3.8, 4) is 0 Å². The molecule has 2 N–H and O–H groups in total. The number of hydrogen-bond acceptors (Lipinski definition) is 4. The number of aryl methyl sites for hydroxylation is 1. The average Bonchev–Trinajstić information content (AvgIpc) is 2.66. The fourth-order valence-corrected chi connectivity index (χ4v) is 2.56. The predicted molar refractivity (Wildman–Crippen MR) is 98.8 cm³/mol. The van der Waals surface area contributed by atoms with Crippen LogP contribution in [0.1, 0.15) is 21.9 Å². The molecule has 0 bridgehead atoms. The molecule has 5 nitrogen and oxygen atoms in total. The predicted octanol–water partition coefficient (Wildman–Crippen LogP) is 3.92. The first-order valence-electron chi connectivity index (χ1n) is 8.52. The van der Waals surface area contributed by atoms with Gasteiger partial charge >= 0.3 is 0 Å². The standard InChI is InChI=1S/C20H17F3N4O/c1-12-25-17(20(28)24-10-9-13-5-7-14(21)8-6-13)11-18(26-12)27-19-15(22)3-2-4-16(19)23/h2-8,11H,9-10H2,1H3,(H,24,28)(H,25,26,27). The highest BCUT2D eigenvalue weighted by Crippen LogP contribution is 2.22. The molecule has 0 atom stereocenters. The van der Waals surface area contributed by atoms with E-state index in [1.807, 2.05) is 0 Å². The van der Waals surface area contributed by atoms with E-state index in [0.717, 1.165) is 17.7 Å². The first-order chi connectivity index (χ1) is 13.4. The van der Waals surface area contributed by atoms with E-state index >= 15 is 0 Å². The molecule has 8 heteroatoms. The lowest BCUT2D eigenvalue weighted by Gasteiger charge is -2.10. The van der Waals surface area contributed by atoms with Crippen molar-refractivity contribution in [3.05, 3.63) is 83.1 Å². The minimum Gasteiger partial charge on any atom is -0.350 e. The molecule has 0 unspecified atom stereocenters. The third-order valence-corrected chi connectivity index (χ3v) is 3.90. The van der Waals surface area contributed by atoms with Crippen LogP contribution in [0.5, 0.6) is 0 Å². The number of rotatable bonds is 6. The first kappa shape index (κ1) is 19.3. The molecule has 0 spiro atoms. The number of para-hydroxylation sites is 1. The lowest BCUT2D eigenvalue weighted by molar-refractivity contribution is 0.0949. The number of halogens is 3. The summed E-state index contributed by atoms with van der Waals surface area (Å²) in [6.45, 7) is 1.89. The summed E-state index contributed by atoms with van der Waals surface area (Å²) in [4.78, 5) is 20.5. The molecular weight excluding hydrogens is 369 g/mol. The zero-order valence-electron chi connectivity index (χ0n) is 15.0. The summed E-state index contributed by atoms with van der Waals surface area (Å²) in [5.41, 5.74) is 0.576. The van der Waals surface area contributed by atoms with Gasteiger partial charge in [-0.25, -0.2) is 23.1 Å². The normalized spacial score (nSPS) is 10.6. The number of carbonyl (C=O) groups is 1. The second kappa shape index (κ2) is 8.51. The van der Waals surface area contributed by atoms with Gasteiger partial charge in [0.05, 0.1) is 0 Å². The molecule has 0 fully saturated rings. The zero-order chi connectivity index (χ0) is 20.1. The number of amides is 1. The lowest BCUT2D eigenvalue weighted by atomic mass is 10.1. The van der Waals surface area contributed by atoms with Gasteiger partial charge in [-0.15, -0.1) is 0 Å². The molecule has 1 heterocycles. The summed E-state index contributed by atoms with van der Waals surface area (Å²) in [5.74, 6) is -1.96. The maximum Gasteiger partial charge on any atom is 0.270 e. The Bertz CT molecular complexity index is 973. The molecule has 1 aromatic heterocycles. The van der Waals surface area contributed by atoms with Crippen molar-refractivity contribution in [2.24, 2.45) is 0 Å². The van der Waals surface area contributed by atoms with E-state index in [4.69, 9.17) is 0 Å². The molecule has 0 saturated heterocycles. The molecule has 3 rings (SSSR count). The Balaban J connectivity index is 1.68. The molecule has 0 saturated carbocycles. The molecule has 2 aromatic carbocycles. The van der Waals surface area contributed by atoms with Crippen LogP contribution in [0.15, 0.2) is 48.5 Å². The Hall–Kier alpha value is -3.42. The SMILES string of the molecule is Cc1nc(Nc2c(F)cccc2F)cc(C(=O)NCCc2ccc(F)cc2)n1. The number of benzene rings is 2. The fourth-order valence-electron chi connectivity index (χ4n) is 2.56. The van der Waals surface area contributed by atoms with Gasteiger partial charge in [0.1, 0.15) is 40.5 Å². The number of hydrogen-bond donors (Lipinski definition) is 2. The molecular formula is C20H17F3N4O. The van der Waals surface area contributed by atoms with Gasteiger partial charge < -0.3 is 10.6 Å². The molecule has 28 heavy (non-hydrogen) atoms. The molecule has 144 valence electrons. The summed E-state index contributed by atoms with van der Waals surface area (Å²) >= 11 is 0. The van der Waals surface area contributed by atoms with Gasteiger partial charge in [0.15, 0.2) is 0 Å². The average molecular weight is 386 g/mol. The van der Waals surface area contributed by atoms with Crippen molar-refractivity contribution in [3.63, 3.8) is 0 Å². The van der Waals surface area contributed by atoms with Crippen LogP contribution in [-0.2, 0) is 6.42 Å². The van der Waals surface area contributed by atoms with Crippen molar-refractivity contribution in [1.29, 1.82) is 0 Å². The van der Waals surface area contributed by atoms with Crippen molar-refractivity contribution >= 4 is 17.4 Å². The third-order valence-electron chi connectivity index (χ3n) is 3.90. The van der Waals surface area contributed by atoms with Gasteiger partial charge in [0.25, 0.3) is 5.91 Å². The van der Waals surface area contributed by atoms with Crippen LogP contribution in [0, 0.1) is 24.4 Å². The highest BCUT2D eigenvalue weighted by molar-refractivity contribution is 5.93. The van der Waals surface area contributed by atoms with Crippen molar-refractivity contribution < 1.29 is 18.0 Å². The lowest BCUT2D eigenvalue weighted by Crippen LogP contribution is -2.27. The van der Waals surface area contributed by atoms with Crippen molar-refractivity contribution in [1.82, 2.24) is 15.3 Å². The Morgan fingerprint density at radius 3 is 2.36 bits per heavy atom. The van der Waals surface area contributed by atoms with E-state index in [9.17, 15) is 18.0 Å². The monoisotopic (exact) mass is 386 g/mol. The van der Waals surface area contributed by atoms with Gasteiger partial charge in [-0.1, -0.05) is 18.2 Å². The zero-order valence-corrected chi connectivity index (χ0v) is 15.0. The van der Waals surface area contributed by atoms with E-state index in [1.165, 1.54) is 24.3 Å². The van der Waals surface area contributed by atoms with Crippen molar-refractivity contribution in [2.45, 2.75) is 13.3 Å². The topological polar surface area (TPSA) is 66.9 Å². The largest absolute Gasteiger partial charge is 0.350 e. The summed E-state index contributed by atoms with van der Waals surface area (Å²) in [5, 5.41) is 5.25. The van der Waals surface area contributed by atoms with Gasteiger partial charge in [-0.05, 0) is 43.2 Å². The van der Waals surface area contributed by atoms with Gasteiger partial charge in [0, 0.05) is 12.6 Å². The smallest absolute Gasteiger partial charge is 0.270 e. The highest BCUT2D eigenvalue weighted by atomic mass is 19.1. The Morgan fingerprint density at radius 2 is 1.68 bits per heavy atom. The van der Waals surface area contributed by atoms with Crippen LogP contribution in [0.2, 0.25) is 0 Å². The van der Waals surface area contributed by atoms with E-state index in [0.29, 0.717) is 13.0 Å². The van der Waals surface area contributed by atoms with Gasteiger partial charge in [-0.2, -0.15) is 0 Å². The highest BCUT2D eigenvalue weighted by Gasteiger charge is 2.13. The van der Waals surface area contributed by atoms with Gasteiger partial charge in [0.2, 0.25) is 0 Å². The van der Waals surface area contributed by atoms with E-state index in [2.05, 4.69) is 20.6 Å². The minimum absolute atomic E-state index is 0.0610. The molecule has 0 radical (unpaired) electrons. The van der Waals surface area contributed by atoms with Crippen LogP contribution in [0.4, 0.5) is 24.7 Å². The van der Waals surface area contributed by atoms with Crippen LogP contribution < -0.4 is 10.6 Å². The second-order valence-corrected chi connectivity index (χ2v) is 6.04. The van der Waals surface area contributed by atoms with E-state index < -0.39 is 17.5 Å². The number of carbonyl (C=O) groups excluding carboxylic acids is 1. The van der Waals surface area contributed by atoms with Crippen LogP contribution >= 0.6 is 0 Å². The fraction of sp³-hybridized carbons (Fsp3) is 0.150. The van der Waals surface area contributed by atoms with Gasteiger partial charge in [-0.3, -0.25) is 4.79 Å². The van der Waals surface area contributed by atoms with Crippen molar-refractivity contribution in [2.75, 3.05) is 11.9 Å².